The number of furan rings is 1. The fourth-order valence-electron chi connectivity index (χ4n) is 2.18. The van der Waals surface area contributed by atoms with E-state index in [-0.39, 0.29) is 5.76 Å². The van der Waals surface area contributed by atoms with Crippen LogP contribution in [0.2, 0.25) is 0 Å². The molecule has 0 aliphatic heterocycles. The Morgan fingerprint density at radius 1 is 1.18 bits per heavy atom. The van der Waals surface area contributed by atoms with Crippen molar-refractivity contribution in [2.75, 3.05) is 6.61 Å². The number of rotatable bonds is 5. The number of benzene rings is 1. The van der Waals surface area contributed by atoms with Gasteiger partial charge in [0.1, 0.15) is 5.58 Å². The van der Waals surface area contributed by atoms with Crippen LogP contribution in [0.3, 0.4) is 0 Å². The first-order chi connectivity index (χ1) is 10.7. The Balaban J connectivity index is 1.54. The van der Waals surface area contributed by atoms with E-state index < -0.39 is 5.97 Å². The van der Waals surface area contributed by atoms with Crippen molar-refractivity contribution in [1.82, 2.24) is 4.98 Å². The van der Waals surface area contributed by atoms with Gasteiger partial charge < -0.3 is 9.15 Å². The van der Waals surface area contributed by atoms with Crippen molar-refractivity contribution in [1.29, 1.82) is 0 Å². The number of esters is 1. The molecule has 5 heteroatoms. The number of ether oxygens (including phenoxy) is 1. The van der Waals surface area contributed by atoms with Gasteiger partial charge in [-0.25, -0.2) is 4.79 Å². The smallest absolute Gasteiger partial charge is 0.374 e. The molecule has 3 aromatic rings. The van der Waals surface area contributed by atoms with Crippen LogP contribution >= 0.6 is 15.9 Å². The normalized spacial score (nSPS) is 10.8. The Morgan fingerprint density at radius 3 is 2.82 bits per heavy atom. The highest BCUT2D eigenvalue weighted by molar-refractivity contribution is 9.10. The summed E-state index contributed by atoms with van der Waals surface area (Å²) in [7, 11) is 0. The predicted molar refractivity (Wildman–Crippen MR) is 86.8 cm³/mol. The number of carbonyl (C=O) groups is 1. The largest absolute Gasteiger partial charge is 0.460 e. The molecule has 0 unspecified atom stereocenters. The van der Waals surface area contributed by atoms with E-state index in [1.807, 2.05) is 30.3 Å². The lowest BCUT2D eigenvalue weighted by Crippen LogP contribution is -2.06. The molecule has 0 saturated carbocycles. The standard InChI is InChI=1S/C17H14BrNO3/c18-14-3-4-15-13(10-14)11-16(22-15)17(20)21-9-1-2-12-5-7-19-8-6-12/h3-8,10-11H,1-2,9H2. The van der Waals surface area contributed by atoms with E-state index in [0.29, 0.717) is 12.2 Å². The first kappa shape index (κ1) is 14.8. The van der Waals surface area contributed by atoms with Crippen LogP contribution in [0.1, 0.15) is 22.5 Å². The third-order valence-electron chi connectivity index (χ3n) is 3.27. The van der Waals surface area contributed by atoms with E-state index in [1.165, 1.54) is 5.56 Å². The molecule has 0 radical (unpaired) electrons. The van der Waals surface area contributed by atoms with Crippen LogP contribution in [0.5, 0.6) is 0 Å². The lowest BCUT2D eigenvalue weighted by atomic mass is 10.1. The zero-order valence-corrected chi connectivity index (χ0v) is 13.4. The van der Waals surface area contributed by atoms with Gasteiger partial charge in [-0.15, -0.1) is 0 Å². The number of aromatic nitrogens is 1. The van der Waals surface area contributed by atoms with Gasteiger partial charge in [-0.05, 0) is 54.8 Å². The van der Waals surface area contributed by atoms with E-state index in [9.17, 15) is 4.79 Å². The number of carbonyl (C=O) groups excluding carboxylic acids is 1. The molecule has 0 spiro atoms. The van der Waals surface area contributed by atoms with Gasteiger partial charge in [0.2, 0.25) is 5.76 Å². The van der Waals surface area contributed by atoms with Crippen molar-refractivity contribution < 1.29 is 13.9 Å². The molecule has 2 heterocycles. The number of halogens is 1. The first-order valence-corrected chi connectivity index (χ1v) is 7.77. The van der Waals surface area contributed by atoms with Gasteiger partial charge in [0, 0.05) is 22.3 Å². The van der Waals surface area contributed by atoms with Gasteiger partial charge in [0.05, 0.1) is 6.61 Å². The second-order valence-electron chi connectivity index (χ2n) is 4.89. The molecule has 0 aliphatic carbocycles. The highest BCUT2D eigenvalue weighted by atomic mass is 79.9. The van der Waals surface area contributed by atoms with Crippen molar-refractivity contribution in [2.45, 2.75) is 12.8 Å². The van der Waals surface area contributed by atoms with Crippen LogP contribution in [0.25, 0.3) is 11.0 Å². The minimum absolute atomic E-state index is 0.233. The fourth-order valence-corrected chi connectivity index (χ4v) is 2.56. The summed E-state index contributed by atoms with van der Waals surface area (Å²) in [6.45, 7) is 0.363. The predicted octanol–water partition coefficient (Wildman–Crippen LogP) is 4.38. The molecule has 4 nitrogen and oxygen atoms in total. The van der Waals surface area contributed by atoms with Gasteiger partial charge in [0.25, 0.3) is 0 Å². The first-order valence-electron chi connectivity index (χ1n) is 6.97. The van der Waals surface area contributed by atoms with Crippen LogP contribution in [-0.2, 0) is 11.2 Å². The second kappa shape index (κ2) is 6.75. The molecule has 112 valence electrons. The molecule has 0 saturated heterocycles. The van der Waals surface area contributed by atoms with Gasteiger partial charge in [-0.2, -0.15) is 0 Å². The Kier molecular flexibility index (Phi) is 4.53. The average molecular weight is 360 g/mol. The molecule has 0 bridgehead atoms. The number of hydrogen-bond acceptors (Lipinski definition) is 4. The van der Waals surface area contributed by atoms with E-state index in [1.54, 1.807) is 18.5 Å². The summed E-state index contributed by atoms with van der Waals surface area (Å²) in [4.78, 5) is 15.9. The minimum atomic E-state index is -0.429. The fraction of sp³-hybridized carbons (Fsp3) is 0.176. The average Bonchev–Trinajstić information content (AvgIpc) is 2.95. The Labute approximate surface area is 136 Å². The highest BCUT2D eigenvalue weighted by Crippen LogP contribution is 2.23. The third kappa shape index (κ3) is 3.54. The molecular weight excluding hydrogens is 346 g/mol. The summed E-state index contributed by atoms with van der Waals surface area (Å²) >= 11 is 3.39. The maximum Gasteiger partial charge on any atom is 0.374 e. The second-order valence-corrected chi connectivity index (χ2v) is 5.80. The molecule has 0 atom stereocenters. The van der Waals surface area contributed by atoms with Crippen LogP contribution in [0.15, 0.2) is 57.7 Å². The zero-order valence-electron chi connectivity index (χ0n) is 11.8. The van der Waals surface area contributed by atoms with Crippen LogP contribution < -0.4 is 0 Å². The van der Waals surface area contributed by atoms with Gasteiger partial charge in [-0.3, -0.25) is 4.98 Å². The molecule has 0 N–H and O–H groups in total. The monoisotopic (exact) mass is 359 g/mol. The summed E-state index contributed by atoms with van der Waals surface area (Å²) in [5.74, 6) is -0.195. The van der Waals surface area contributed by atoms with Crippen molar-refractivity contribution in [2.24, 2.45) is 0 Å². The number of hydrogen-bond donors (Lipinski definition) is 0. The van der Waals surface area contributed by atoms with E-state index >= 15 is 0 Å². The maximum atomic E-state index is 12.0. The van der Waals surface area contributed by atoms with Crippen molar-refractivity contribution >= 4 is 32.9 Å². The number of nitrogens with zero attached hydrogens (tertiary/aromatic N) is 1. The molecule has 22 heavy (non-hydrogen) atoms. The Morgan fingerprint density at radius 2 is 2.00 bits per heavy atom. The van der Waals surface area contributed by atoms with Crippen molar-refractivity contribution in [3.8, 4) is 0 Å². The molecule has 2 aromatic heterocycles. The summed E-state index contributed by atoms with van der Waals surface area (Å²) in [5.41, 5.74) is 1.85. The van der Waals surface area contributed by atoms with Gasteiger partial charge in [0.15, 0.2) is 0 Å². The number of fused-ring (bicyclic) bond motifs is 1. The number of pyridine rings is 1. The van der Waals surface area contributed by atoms with Crippen LogP contribution in [0.4, 0.5) is 0 Å². The Bertz CT molecular complexity index is 783. The van der Waals surface area contributed by atoms with Gasteiger partial charge >= 0.3 is 5.97 Å². The summed E-state index contributed by atoms with van der Waals surface area (Å²) < 4.78 is 11.7. The van der Waals surface area contributed by atoms with Crippen molar-refractivity contribution in [3.63, 3.8) is 0 Å². The lowest BCUT2D eigenvalue weighted by molar-refractivity contribution is 0.0467. The summed E-state index contributed by atoms with van der Waals surface area (Å²) in [6, 6.07) is 11.2. The third-order valence-corrected chi connectivity index (χ3v) is 3.77. The number of aryl methyl sites for hydroxylation is 1. The quantitative estimate of drug-likeness (QED) is 0.501. The molecule has 0 aliphatic rings. The summed E-state index contributed by atoms with van der Waals surface area (Å²) in [5, 5.41) is 0.873. The topological polar surface area (TPSA) is 52.3 Å². The summed E-state index contributed by atoms with van der Waals surface area (Å²) in [6.07, 6.45) is 5.13. The lowest BCUT2D eigenvalue weighted by Gasteiger charge is -2.02. The highest BCUT2D eigenvalue weighted by Gasteiger charge is 2.13. The minimum Gasteiger partial charge on any atom is -0.460 e. The molecule has 0 fully saturated rings. The maximum absolute atomic E-state index is 12.0. The van der Waals surface area contributed by atoms with E-state index in [2.05, 4.69) is 20.9 Å². The van der Waals surface area contributed by atoms with Gasteiger partial charge in [-0.1, -0.05) is 15.9 Å². The zero-order chi connectivity index (χ0) is 15.4. The van der Waals surface area contributed by atoms with E-state index in [0.717, 1.165) is 22.7 Å². The molecule has 1 aromatic carbocycles. The van der Waals surface area contributed by atoms with Crippen molar-refractivity contribution in [3.05, 3.63) is 64.6 Å². The molecular formula is C17H14BrNO3. The van der Waals surface area contributed by atoms with Crippen LogP contribution in [0, 0.1) is 0 Å². The molecule has 0 amide bonds. The Hall–Kier alpha value is -2.14. The SMILES string of the molecule is O=C(OCCCc1ccncc1)c1cc2cc(Br)ccc2o1. The molecule has 3 rings (SSSR count). The van der Waals surface area contributed by atoms with Crippen LogP contribution in [-0.4, -0.2) is 17.6 Å². The van der Waals surface area contributed by atoms with E-state index in [4.69, 9.17) is 9.15 Å².